The SMILES string of the molecule is CNC(CC(C)C)CC(C)CC(C)(C)C. The second-order valence-corrected chi connectivity index (χ2v) is 6.72. The van der Waals surface area contributed by atoms with Crippen LogP contribution in [0.3, 0.4) is 0 Å². The molecule has 2 unspecified atom stereocenters. The molecule has 0 aromatic rings. The van der Waals surface area contributed by atoms with Crippen LogP contribution in [0.15, 0.2) is 0 Å². The summed E-state index contributed by atoms with van der Waals surface area (Å²) in [6.07, 6.45) is 3.93. The molecule has 1 heteroatoms. The summed E-state index contributed by atoms with van der Waals surface area (Å²) < 4.78 is 0. The quantitative estimate of drug-likeness (QED) is 0.701. The van der Waals surface area contributed by atoms with Crippen molar-refractivity contribution in [1.29, 1.82) is 0 Å². The lowest BCUT2D eigenvalue weighted by Gasteiger charge is -2.27. The van der Waals surface area contributed by atoms with Crippen LogP contribution in [0, 0.1) is 17.3 Å². The Morgan fingerprint density at radius 2 is 1.53 bits per heavy atom. The first-order valence-electron chi connectivity index (χ1n) is 6.42. The van der Waals surface area contributed by atoms with Crippen molar-refractivity contribution in [2.75, 3.05) is 7.05 Å². The van der Waals surface area contributed by atoms with E-state index in [0.29, 0.717) is 11.5 Å². The molecule has 15 heavy (non-hydrogen) atoms. The largest absolute Gasteiger partial charge is 0.317 e. The monoisotopic (exact) mass is 213 g/mol. The van der Waals surface area contributed by atoms with Crippen LogP contribution in [0.5, 0.6) is 0 Å². The zero-order chi connectivity index (χ0) is 12.1. The third-order valence-electron chi connectivity index (χ3n) is 2.81. The van der Waals surface area contributed by atoms with Crippen LogP contribution < -0.4 is 5.32 Å². The highest BCUT2D eigenvalue weighted by Crippen LogP contribution is 2.27. The van der Waals surface area contributed by atoms with E-state index >= 15 is 0 Å². The first-order valence-corrected chi connectivity index (χ1v) is 6.42. The van der Waals surface area contributed by atoms with Crippen molar-refractivity contribution in [3.63, 3.8) is 0 Å². The van der Waals surface area contributed by atoms with Crippen molar-refractivity contribution < 1.29 is 0 Å². The highest BCUT2D eigenvalue weighted by molar-refractivity contribution is 4.73. The number of hydrogen-bond donors (Lipinski definition) is 1. The lowest BCUT2D eigenvalue weighted by atomic mass is 9.82. The fourth-order valence-electron chi connectivity index (χ4n) is 2.52. The number of nitrogens with one attached hydrogen (secondary N) is 1. The molecule has 0 amide bonds. The summed E-state index contributed by atoms with van der Waals surface area (Å²) in [6, 6.07) is 0.697. The van der Waals surface area contributed by atoms with Gasteiger partial charge in [0.05, 0.1) is 0 Å². The minimum atomic E-state index is 0.468. The van der Waals surface area contributed by atoms with Crippen LogP contribution in [0.2, 0.25) is 0 Å². The molecule has 1 nitrogen and oxygen atoms in total. The Balaban J connectivity index is 3.96. The van der Waals surface area contributed by atoms with Gasteiger partial charge in [0.1, 0.15) is 0 Å². The Morgan fingerprint density at radius 1 is 1.00 bits per heavy atom. The van der Waals surface area contributed by atoms with Crippen LogP contribution in [0.25, 0.3) is 0 Å². The topological polar surface area (TPSA) is 12.0 Å². The van der Waals surface area contributed by atoms with E-state index in [2.05, 4.69) is 53.9 Å². The summed E-state index contributed by atoms with van der Waals surface area (Å²) in [7, 11) is 2.09. The van der Waals surface area contributed by atoms with Crippen LogP contribution in [0.4, 0.5) is 0 Å². The smallest absolute Gasteiger partial charge is 0.00690 e. The van der Waals surface area contributed by atoms with Gasteiger partial charge < -0.3 is 5.32 Å². The van der Waals surface area contributed by atoms with Crippen LogP contribution in [-0.2, 0) is 0 Å². The highest BCUT2D eigenvalue weighted by Gasteiger charge is 2.18. The Labute approximate surface area is 97.0 Å². The zero-order valence-electron chi connectivity index (χ0n) is 11.9. The normalized spacial score (nSPS) is 16.8. The van der Waals surface area contributed by atoms with E-state index in [1.807, 2.05) is 0 Å². The molecule has 92 valence electrons. The summed E-state index contributed by atoms with van der Waals surface area (Å²) in [6.45, 7) is 14.0. The molecule has 0 radical (unpaired) electrons. The van der Waals surface area contributed by atoms with Gasteiger partial charge in [-0.05, 0) is 43.6 Å². The molecule has 2 atom stereocenters. The van der Waals surface area contributed by atoms with Gasteiger partial charge >= 0.3 is 0 Å². The molecule has 1 N–H and O–H groups in total. The van der Waals surface area contributed by atoms with E-state index in [-0.39, 0.29) is 0 Å². The van der Waals surface area contributed by atoms with Gasteiger partial charge in [-0.1, -0.05) is 41.5 Å². The number of hydrogen-bond acceptors (Lipinski definition) is 1. The van der Waals surface area contributed by atoms with Gasteiger partial charge in [-0.15, -0.1) is 0 Å². The molecular formula is C14H31N. The molecule has 0 heterocycles. The van der Waals surface area contributed by atoms with Gasteiger partial charge in [0, 0.05) is 6.04 Å². The van der Waals surface area contributed by atoms with E-state index in [1.54, 1.807) is 0 Å². The maximum absolute atomic E-state index is 3.45. The van der Waals surface area contributed by atoms with E-state index in [0.717, 1.165) is 11.8 Å². The molecule has 0 spiro atoms. The second-order valence-electron chi connectivity index (χ2n) is 6.72. The van der Waals surface area contributed by atoms with Crippen molar-refractivity contribution in [2.45, 2.75) is 66.8 Å². The maximum atomic E-state index is 3.45. The molecule has 0 saturated heterocycles. The summed E-state index contributed by atoms with van der Waals surface area (Å²) >= 11 is 0. The second kappa shape index (κ2) is 6.52. The molecule has 0 bridgehead atoms. The van der Waals surface area contributed by atoms with E-state index in [4.69, 9.17) is 0 Å². The average Bonchev–Trinajstić information content (AvgIpc) is 1.98. The summed E-state index contributed by atoms with van der Waals surface area (Å²) in [4.78, 5) is 0. The Bertz CT molecular complexity index is 155. The lowest BCUT2D eigenvalue weighted by Crippen LogP contribution is -2.29. The van der Waals surface area contributed by atoms with Crippen LogP contribution in [0.1, 0.15) is 60.8 Å². The molecule has 0 aliphatic heterocycles. The predicted molar refractivity (Wildman–Crippen MR) is 70.2 cm³/mol. The Kier molecular flexibility index (Phi) is 6.51. The molecule has 0 rings (SSSR count). The molecule has 0 aliphatic rings. The number of rotatable bonds is 6. The summed E-state index contributed by atoms with van der Waals surface area (Å²) in [5.74, 6) is 1.62. The lowest BCUT2D eigenvalue weighted by molar-refractivity contribution is 0.267. The van der Waals surface area contributed by atoms with Crippen molar-refractivity contribution in [2.24, 2.45) is 17.3 Å². The van der Waals surface area contributed by atoms with Crippen molar-refractivity contribution >= 4 is 0 Å². The van der Waals surface area contributed by atoms with E-state index in [1.165, 1.54) is 19.3 Å². The van der Waals surface area contributed by atoms with Crippen LogP contribution >= 0.6 is 0 Å². The molecule has 0 aliphatic carbocycles. The maximum Gasteiger partial charge on any atom is 0.00690 e. The van der Waals surface area contributed by atoms with Gasteiger partial charge in [-0.25, -0.2) is 0 Å². The molecule has 0 aromatic carbocycles. The minimum Gasteiger partial charge on any atom is -0.317 e. The predicted octanol–water partition coefficient (Wildman–Crippen LogP) is 4.08. The van der Waals surface area contributed by atoms with Gasteiger partial charge in [-0.2, -0.15) is 0 Å². The Hall–Kier alpha value is -0.0400. The third kappa shape index (κ3) is 8.92. The standard InChI is InChI=1S/C14H31N/c1-11(2)8-13(15-7)9-12(3)10-14(4,5)6/h11-13,15H,8-10H2,1-7H3. The molecule has 0 saturated carbocycles. The highest BCUT2D eigenvalue weighted by atomic mass is 14.9. The van der Waals surface area contributed by atoms with Gasteiger partial charge in [-0.3, -0.25) is 0 Å². The fourth-order valence-corrected chi connectivity index (χ4v) is 2.52. The molecule has 0 fully saturated rings. The van der Waals surface area contributed by atoms with Crippen molar-refractivity contribution in [3.8, 4) is 0 Å². The minimum absolute atomic E-state index is 0.468. The van der Waals surface area contributed by atoms with Crippen molar-refractivity contribution in [1.82, 2.24) is 5.32 Å². The van der Waals surface area contributed by atoms with Gasteiger partial charge in [0.15, 0.2) is 0 Å². The van der Waals surface area contributed by atoms with E-state index in [9.17, 15) is 0 Å². The van der Waals surface area contributed by atoms with Gasteiger partial charge in [0.25, 0.3) is 0 Å². The summed E-state index contributed by atoms with van der Waals surface area (Å²) in [5.41, 5.74) is 0.468. The first kappa shape index (κ1) is 15.0. The Morgan fingerprint density at radius 3 is 1.87 bits per heavy atom. The summed E-state index contributed by atoms with van der Waals surface area (Å²) in [5, 5.41) is 3.45. The zero-order valence-corrected chi connectivity index (χ0v) is 11.9. The average molecular weight is 213 g/mol. The first-order chi connectivity index (χ1) is 6.74. The van der Waals surface area contributed by atoms with Gasteiger partial charge in [0.2, 0.25) is 0 Å². The van der Waals surface area contributed by atoms with Crippen molar-refractivity contribution in [3.05, 3.63) is 0 Å². The fraction of sp³-hybridized carbons (Fsp3) is 1.00. The van der Waals surface area contributed by atoms with E-state index < -0.39 is 0 Å². The van der Waals surface area contributed by atoms with Crippen LogP contribution in [-0.4, -0.2) is 13.1 Å². The third-order valence-corrected chi connectivity index (χ3v) is 2.81. The molecule has 0 aromatic heterocycles. The molecular weight excluding hydrogens is 182 g/mol.